The number of nitrogens with one attached hydrogen (secondary N) is 5. The minimum Gasteiger partial charge on any atom is -0.496 e. The summed E-state index contributed by atoms with van der Waals surface area (Å²) < 4.78 is 5.41. The van der Waals surface area contributed by atoms with Gasteiger partial charge in [0.1, 0.15) is 23.5 Å². The number of para-hydroxylation sites is 1. The first-order valence-corrected chi connectivity index (χ1v) is 14.5. The number of carbonyl (C=O) groups is 5. The lowest BCUT2D eigenvalue weighted by Crippen LogP contribution is -2.58. The SMILES string of the molecule is COc1cccc2[nH]c(C(=O)NC(C(=O)NC(CN3CCNC3=O)C(=O)C(=O)Nc3ccccc3)C3CCCCC3)cc12. The van der Waals surface area contributed by atoms with Crippen molar-refractivity contribution in [2.24, 2.45) is 5.92 Å². The number of rotatable bonds is 11. The van der Waals surface area contributed by atoms with E-state index in [1.165, 1.54) is 4.90 Å². The van der Waals surface area contributed by atoms with E-state index in [0.29, 0.717) is 30.0 Å². The molecule has 5 amide bonds. The molecule has 0 spiro atoms. The lowest BCUT2D eigenvalue weighted by molar-refractivity contribution is -0.138. The number of methoxy groups -OCH3 is 1. The van der Waals surface area contributed by atoms with Gasteiger partial charge in [0.15, 0.2) is 0 Å². The lowest BCUT2D eigenvalue weighted by atomic mass is 9.83. The van der Waals surface area contributed by atoms with E-state index < -0.39 is 35.6 Å². The highest BCUT2D eigenvalue weighted by Gasteiger charge is 2.37. The number of benzene rings is 2. The van der Waals surface area contributed by atoms with Crippen LogP contribution >= 0.6 is 0 Å². The molecule has 226 valence electrons. The summed E-state index contributed by atoms with van der Waals surface area (Å²) in [7, 11) is 1.55. The molecular weight excluding hydrogens is 552 g/mol. The summed E-state index contributed by atoms with van der Waals surface area (Å²) in [6.07, 6.45) is 4.29. The average Bonchev–Trinajstić information content (AvgIpc) is 3.65. The zero-order valence-corrected chi connectivity index (χ0v) is 24.0. The summed E-state index contributed by atoms with van der Waals surface area (Å²) in [5.41, 5.74) is 1.39. The number of ketones is 1. The minimum atomic E-state index is -1.32. The third kappa shape index (κ3) is 6.96. The minimum absolute atomic E-state index is 0.166. The third-order valence-corrected chi connectivity index (χ3v) is 8.02. The van der Waals surface area contributed by atoms with E-state index in [2.05, 4.69) is 26.3 Å². The van der Waals surface area contributed by atoms with Crippen molar-refractivity contribution in [1.29, 1.82) is 0 Å². The largest absolute Gasteiger partial charge is 0.496 e. The number of ether oxygens (including phenoxy) is 1. The van der Waals surface area contributed by atoms with Crippen molar-refractivity contribution in [2.45, 2.75) is 44.2 Å². The van der Waals surface area contributed by atoms with E-state index in [-0.39, 0.29) is 24.2 Å². The van der Waals surface area contributed by atoms with Crippen LogP contribution in [0.15, 0.2) is 54.6 Å². The maximum absolute atomic E-state index is 13.9. The number of hydrogen-bond donors (Lipinski definition) is 5. The molecule has 3 aromatic rings. The molecule has 1 aromatic heterocycles. The molecule has 2 fully saturated rings. The second-order valence-corrected chi connectivity index (χ2v) is 10.9. The van der Waals surface area contributed by atoms with E-state index >= 15 is 0 Å². The van der Waals surface area contributed by atoms with Gasteiger partial charge in [0.05, 0.1) is 13.7 Å². The molecule has 1 saturated carbocycles. The van der Waals surface area contributed by atoms with Crippen molar-refractivity contribution in [3.63, 3.8) is 0 Å². The van der Waals surface area contributed by atoms with Gasteiger partial charge < -0.3 is 35.9 Å². The molecule has 1 aliphatic carbocycles. The standard InChI is InChI=1S/C31H36N6O6/c1-43-25-14-8-13-22-21(25)17-23(34-22)28(39)36-26(19-9-4-2-5-10-19)29(40)35-24(18-37-16-15-32-31(37)42)27(38)30(41)33-20-11-6-3-7-12-20/h3,6-8,11-14,17,19,24,26,34H,2,4-5,9-10,15-16,18H2,1H3,(H,32,42)(H,33,41)(H,35,40)(H,36,39). The summed E-state index contributed by atoms with van der Waals surface area (Å²) in [5, 5.41) is 11.6. The molecule has 2 aliphatic rings. The molecule has 0 radical (unpaired) electrons. The maximum Gasteiger partial charge on any atom is 0.317 e. The van der Waals surface area contributed by atoms with Gasteiger partial charge in [-0.2, -0.15) is 0 Å². The van der Waals surface area contributed by atoms with Crippen LogP contribution in [0.1, 0.15) is 42.6 Å². The van der Waals surface area contributed by atoms with Gasteiger partial charge in [-0.05, 0) is 49.1 Å². The molecule has 2 aromatic carbocycles. The van der Waals surface area contributed by atoms with E-state index in [1.54, 1.807) is 49.6 Å². The molecule has 1 aliphatic heterocycles. The van der Waals surface area contributed by atoms with Gasteiger partial charge in [-0.1, -0.05) is 43.5 Å². The second-order valence-electron chi connectivity index (χ2n) is 10.9. The number of fused-ring (bicyclic) bond motifs is 1. The Morgan fingerprint density at radius 2 is 1.77 bits per heavy atom. The summed E-state index contributed by atoms with van der Waals surface area (Å²) in [5.74, 6) is -2.43. The zero-order valence-electron chi connectivity index (χ0n) is 24.0. The number of Topliss-reactive ketones (excluding diaryl/α,β-unsaturated/α-hetero) is 1. The summed E-state index contributed by atoms with van der Waals surface area (Å²) in [4.78, 5) is 70.4. The number of aromatic nitrogens is 1. The van der Waals surface area contributed by atoms with Gasteiger partial charge in [-0.3, -0.25) is 19.2 Å². The fraction of sp³-hybridized carbons (Fsp3) is 0.387. The number of aromatic amines is 1. The van der Waals surface area contributed by atoms with Crippen molar-refractivity contribution in [3.8, 4) is 5.75 Å². The summed E-state index contributed by atoms with van der Waals surface area (Å²) in [6.45, 7) is 0.525. The molecule has 5 N–H and O–H groups in total. The summed E-state index contributed by atoms with van der Waals surface area (Å²) in [6, 6.07) is 12.9. The van der Waals surface area contributed by atoms with Gasteiger partial charge in [0, 0.05) is 29.7 Å². The number of hydrogen-bond acceptors (Lipinski definition) is 6. The molecule has 5 rings (SSSR count). The highest BCUT2D eigenvalue weighted by atomic mass is 16.5. The van der Waals surface area contributed by atoms with Crippen LogP contribution in [0.4, 0.5) is 10.5 Å². The topological polar surface area (TPSA) is 162 Å². The van der Waals surface area contributed by atoms with Crippen LogP contribution in [0, 0.1) is 5.92 Å². The zero-order chi connectivity index (χ0) is 30.3. The van der Waals surface area contributed by atoms with Crippen molar-refractivity contribution >= 4 is 46.1 Å². The van der Waals surface area contributed by atoms with Crippen molar-refractivity contribution in [3.05, 3.63) is 60.3 Å². The Labute approximate surface area is 248 Å². The van der Waals surface area contributed by atoms with Crippen LogP contribution in [0.3, 0.4) is 0 Å². The first-order valence-electron chi connectivity index (χ1n) is 14.5. The molecular formula is C31H36N6O6. The molecule has 43 heavy (non-hydrogen) atoms. The maximum atomic E-state index is 13.9. The van der Waals surface area contributed by atoms with Crippen LogP contribution in [0.5, 0.6) is 5.75 Å². The number of carbonyl (C=O) groups excluding carboxylic acids is 5. The average molecular weight is 589 g/mol. The van der Waals surface area contributed by atoms with Gasteiger partial charge in [-0.25, -0.2) is 4.79 Å². The van der Waals surface area contributed by atoms with E-state index in [4.69, 9.17) is 4.74 Å². The predicted octanol–water partition coefficient (Wildman–Crippen LogP) is 2.57. The first-order chi connectivity index (χ1) is 20.8. The quantitative estimate of drug-likeness (QED) is 0.216. The second kappa shape index (κ2) is 13.4. The molecule has 12 heteroatoms. The highest BCUT2D eigenvalue weighted by molar-refractivity contribution is 6.42. The third-order valence-electron chi connectivity index (χ3n) is 8.02. The number of H-pyrrole nitrogens is 1. The monoisotopic (exact) mass is 588 g/mol. The Balaban J connectivity index is 1.37. The van der Waals surface area contributed by atoms with E-state index in [9.17, 15) is 24.0 Å². The van der Waals surface area contributed by atoms with Gasteiger partial charge in [0.2, 0.25) is 11.7 Å². The van der Waals surface area contributed by atoms with Crippen molar-refractivity contribution < 1.29 is 28.7 Å². The van der Waals surface area contributed by atoms with Gasteiger partial charge >= 0.3 is 6.03 Å². The van der Waals surface area contributed by atoms with Crippen LogP contribution in [-0.4, -0.2) is 78.2 Å². The number of urea groups is 1. The first kappa shape index (κ1) is 29.6. The van der Waals surface area contributed by atoms with E-state index in [0.717, 1.165) is 37.5 Å². The molecule has 1 saturated heterocycles. The number of nitrogens with zero attached hydrogens (tertiary/aromatic N) is 1. The van der Waals surface area contributed by atoms with Gasteiger partial charge in [0.25, 0.3) is 11.8 Å². The smallest absolute Gasteiger partial charge is 0.317 e. The Hall–Kier alpha value is -4.87. The molecule has 0 bridgehead atoms. The normalized spacial score (nSPS) is 16.7. The fourth-order valence-electron chi connectivity index (χ4n) is 5.75. The summed E-state index contributed by atoms with van der Waals surface area (Å²) >= 11 is 0. The fourth-order valence-corrected chi connectivity index (χ4v) is 5.75. The van der Waals surface area contributed by atoms with Crippen LogP contribution < -0.4 is 26.0 Å². The van der Waals surface area contributed by atoms with Crippen LogP contribution in [0.25, 0.3) is 10.9 Å². The Morgan fingerprint density at radius 3 is 2.47 bits per heavy atom. The molecule has 2 heterocycles. The molecule has 12 nitrogen and oxygen atoms in total. The van der Waals surface area contributed by atoms with Crippen molar-refractivity contribution in [2.75, 3.05) is 32.1 Å². The number of anilines is 1. The molecule has 2 unspecified atom stereocenters. The lowest BCUT2D eigenvalue weighted by Gasteiger charge is -2.31. The Morgan fingerprint density at radius 1 is 1.00 bits per heavy atom. The Kier molecular flexibility index (Phi) is 9.23. The highest BCUT2D eigenvalue weighted by Crippen LogP contribution is 2.28. The van der Waals surface area contributed by atoms with Crippen LogP contribution in [0.2, 0.25) is 0 Å². The van der Waals surface area contributed by atoms with Crippen LogP contribution in [-0.2, 0) is 14.4 Å². The molecule has 2 atom stereocenters. The van der Waals surface area contributed by atoms with Gasteiger partial charge in [-0.15, -0.1) is 0 Å². The predicted molar refractivity (Wildman–Crippen MR) is 160 cm³/mol. The van der Waals surface area contributed by atoms with E-state index in [1.807, 2.05) is 12.1 Å². The number of amides is 5. The Bertz CT molecular complexity index is 1500. The van der Waals surface area contributed by atoms with Crippen molar-refractivity contribution in [1.82, 2.24) is 25.8 Å².